The van der Waals surface area contributed by atoms with Crippen LogP contribution in [0.3, 0.4) is 0 Å². The van der Waals surface area contributed by atoms with Crippen molar-refractivity contribution in [2.75, 3.05) is 10.6 Å². The number of aromatic nitrogens is 1. The number of carbonyl (C=O) groups is 3. The van der Waals surface area contributed by atoms with Crippen LogP contribution in [-0.2, 0) is 11.2 Å². The summed E-state index contributed by atoms with van der Waals surface area (Å²) in [6, 6.07) is 22.3. The van der Waals surface area contributed by atoms with Gasteiger partial charge in [-0.1, -0.05) is 41.6 Å². The van der Waals surface area contributed by atoms with E-state index in [1.807, 2.05) is 0 Å². The maximum Gasteiger partial charge on any atom is 0.303 e. The van der Waals surface area contributed by atoms with Crippen molar-refractivity contribution in [2.24, 2.45) is 0 Å². The molecule has 0 atom stereocenters. The largest absolute Gasteiger partial charge is 0.481 e. The van der Waals surface area contributed by atoms with Gasteiger partial charge in [-0.3, -0.25) is 14.4 Å². The van der Waals surface area contributed by atoms with Crippen LogP contribution in [-0.4, -0.2) is 28.0 Å². The van der Waals surface area contributed by atoms with Crippen LogP contribution in [0.25, 0.3) is 11.3 Å². The predicted molar refractivity (Wildman–Crippen MR) is 127 cm³/mol. The number of hydrogen-bond donors (Lipinski definition) is 3. The Labute approximate surface area is 195 Å². The van der Waals surface area contributed by atoms with E-state index in [0.29, 0.717) is 34.6 Å². The Morgan fingerprint density at radius 1 is 0.853 bits per heavy atom. The minimum atomic E-state index is -0.883. The average molecular weight is 455 g/mol. The van der Waals surface area contributed by atoms with Crippen LogP contribution < -0.4 is 10.6 Å². The molecule has 0 aliphatic carbocycles. The van der Waals surface area contributed by atoms with E-state index in [4.69, 9.17) is 9.63 Å². The van der Waals surface area contributed by atoms with E-state index >= 15 is 0 Å². The van der Waals surface area contributed by atoms with Crippen LogP contribution in [0, 0.1) is 0 Å². The fourth-order valence-electron chi connectivity index (χ4n) is 3.39. The number of aliphatic carboxylic acids is 1. The van der Waals surface area contributed by atoms with Crippen molar-refractivity contribution in [1.82, 2.24) is 5.16 Å². The first-order valence-corrected chi connectivity index (χ1v) is 10.5. The lowest BCUT2D eigenvalue weighted by atomic mass is 10.1. The molecule has 0 saturated carbocycles. The van der Waals surface area contributed by atoms with E-state index < -0.39 is 11.9 Å². The number of aryl methyl sites for hydroxylation is 1. The second-order valence-electron chi connectivity index (χ2n) is 7.51. The summed E-state index contributed by atoms with van der Waals surface area (Å²) in [6.07, 6.45) is 1.84. The van der Waals surface area contributed by atoms with Gasteiger partial charge in [0.1, 0.15) is 12.0 Å². The number of carbonyl (C=O) groups excluding carboxylic acids is 2. The van der Waals surface area contributed by atoms with E-state index in [1.54, 1.807) is 78.9 Å². The SMILES string of the molecule is O=C(O)CCc1cccc(NC(=O)c2ccccc2NC(=O)c2ccc(-c3ccon3)cc2)c1. The van der Waals surface area contributed by atoms with Crippen molar-refractivity contribution in [3.8, 4) is 11.3 Å². The molecular weight excluding hydrogens is 434 g/mol. The molecule has 4 rings (SSSR count). The highest BCUT2D eigenvalue weighted by molar-refractivity contribution is 6.12. The van der Waals surface area contributed by atoms with E-state index in [-0.39, 0.29) is 12.3 Å². The monoisotopic (exact) mass is 455 g/mol. The van der Waals surface area contributed by atoms with Crippen LogP contribution in [0.4, 0.5) is 11.4 Å². The van der Waals surface area contributed by atoms with E-state index in [1.165, 1.54) is 6.26 Å². The van der Waals surface area contributed by atoms with Crippen LogP contribution in [0.2, 0.25) is 0 Å². The first kappa shape index (κ1) is 22.5. The van der Waals surface area contributed by atoms with Gasteiger partial charge in [0.05, 0.1) is 11.3 Å². The molecule has 8 heteroatoms. The summed E-state index contributed by atoms with van der Waals surface area (Å²) < 4.78 is 4.84. The van der Waals surface area contributed by atoms with Crippen molar-refractivity contribution >= 4 is 29.2 Å². The Morgan fingerprint density at radius 2 is 1.65 bits per heavy atom. The van der Waals surface area contributed by atoms with E-state index in [9.17, 15) is 14.4 Å². The minimum absolute atomic E-state index is 0.00579. The molecule has 0 aliphatic rings. The number of benzene rings is 3. The summed E-state index contributed by atoms with van der Waals surface area (Å²) in [4.78, 5) is 36.5. The number of carboxylic acids is 1. The van der Waals surface area contributed by atoms with Crippen LogP contribution in [0.5, 0.6) is 0 Å². The molecule has 1 heterocycles. The van der Waals surface area contributed by atoms with Gasteiger partial charge in [0.2, 0.25) is 0 Å². The smallest absolute Gasteiger partial charge is 0.303 e. The van der Waals surface area contributed by atoms with E-state index in [2.05, 4.69) is 15.8 Å². The number of nitrogens with zero attached hydrogens (tertiary/aromatic N) is 1. The lowest BCUT2D eigenvalue weighted by Gasteiger charge is -2.12. The van der Waals surface area contributed by atoms with Crippen molar-refractivity contribution in [3.05, 3.63) is 102 Å². The molecule has 170 valence electrons. The molecule has 0 bridgehead atoms. The summed E-state index contributed by atoms with van der Waals surface area (Å²) >= 11 is 0. The van der Waals surface area contributed by atoms with Crippen molar-refractivity contribution in [1.29, 1.82) is 0 Å². The van der Waals surface area contributed by atoms with Gasteiger partial charge in [0, 0.05) is 29.3 Å². The Bertz CT molecular complexity index is 1310. The fourth-order valence-corrected chi connectivity index (χ4v) is 3.39. The maximum absolute atomic E-state index is 12.9. The standard InChI is InChI=1S/C26H21N3O5/c30-24(31)13-8-17-4-3-5-20(16-17)27-26(33)21-6-1-2-7-23(21)28-25(32)19-11-9-18(10-12-19)22-14-15-34-29-22/h1-7,9-12,14-16H,8,13H2,(H,27,33)(H,28,32)(H,30,31). The number of para-hydroxylation sites is 1. The Kier molecular flexibility index (Phi) is 6.78. The first-order valence-electron chi connectivity index (χ1n) is 10.5. The lowest BCUT2D eigenvalue weighted by Crippen LogP contribution is -2.18. The number of carboxylic acid groups (broad SMARTS) is 1. The fraction of sp³-hybridized carbons (Fsp3) is 0.0769. The first-order chi connectivity index (χ1) is 16.5. The number of anilines is 2. The molecule has 8 nitrogen and oxygen atoms in total. The van der Waals surface area contributed by atoms with Gasteiger partial charge in [-0.2, -0.15) is 0 Å². The van der Waals surface area contributed by atoms with Crippen LogP contribution in [0.1, 0.15) is 32.7 Å². The number of rotatable bonds is 8. The molecule has 0 saturated heterocycles. The topological polar surface area (TPSA) is 122 Å². The third kappa shape index (κ3) is 5.55. The van der Waals surface area contributed by atoms with Gasteiger partial charge in [-0.05, 0) is 48.4 Å². The number of nitrogens with one attached hydrogen (secondary N) is 2. The van der Waals surface area contributed by atoms with Crippen LogP contribution in [0.15, 0.2) is 89.6 Å². The zero-order valence-corrected chi connectivity index (χ0v) is 18.0. The third-order valence-corrected chi connectivity index (χ3v) is 5.11. The van der Waals surface area contributed by atoms with Gasteiger partial charge < -0.3 is 20.3 Å². The molecule has 0 radical (unpaired) electrons. The molecule has 3 N–H and O–H groups in total. The summed E-state index contributed by atoms with van der Waals surface area (Å²) in [5, 5.41) is 18.3. The number of hydrogen-bond acceptors (Lipinski definition) is 5. The van der Waals surface area contributed by atoms with Gasteiger partial charge in [0.25, 0.3) is 11.8 Å². The second-order valence-corrected chi connectivity index (χ2v) is 7.51. The molecular formula is C26H21N3O5. The van der Waals surface area contributed by atoms with Crippen molar-refractivity contribution in [3.63, 3.8) is 0 Å². The zero-order chi connectivity index (χ0) is 23.9. The molecule has 4 aromatic rings. The predicted octanol–water partition coefficient (Wildman–Crippen LogP) is 4.86. The highest BCUT2D eigenvalue weighted by Gasteiger charge is 2.15. The van der Waals surface area contributed by atoms with Crippen molar-refractivity contribution in [2.45, 2.75) is 12.8 Å². The zero-order valence-electron chi connectivity index (χ0n) is 18.0. The molecule has 0 spiro atoms. The lowest BCUT2D eigenvalue weighted by molar-refractivity contribution is -0.136. The maximum atomic E-state index is 12.9. The molecule has 34 heavy (non-hydrogen) atoms. The molecule has 0 unspecified atom stereocenters. The molecule has 1 aromatic heterocycles. The molecule has 3 aromatic carbocycles. The van der Waals surface area contributed by atoms with Crippen molar-refractivity contribution < 1.29 is 24.0 Å². The third-order valence-electron chi connectivity index (χ3n) is 5.11. The van der Waals surface area contributed by atoms with Gasteiger partial charge >= 0.3 is 5.97 Å². The summed E-state index contributed by atoms with van der Waals surface area (Å²) in [6.45, 7) is 0. The normalized spacial score (nSPS) is 10.5. The summed E-state index contributed by atoms with van der Waals surface area (Å²) in [5.74, 6) is -1.64. The molecule has 0 fully saturated rings. The Morgan fingerprint density at radius 3 is 2.38 bits per heavy atom. The average Bonchev–Trinajstić information content (AvgIpc) is 3.38. The minimum Gasteiger partial charge on any atom is -0.481 e. The highest BCUT2D eigenvalue weighted by Crippen LogP contribution is 2.21. The highest BCUT2D eigenvalue weighted by atomic mass is 16.5. The quantitative estimate of drug-likeness (QED) is 0.349. The molecule has 2 amide bonds. The summed E-state index contributed by atoms with van der Waals surface area (Å²) in [7, 11) is 0. The second kappa shape index (κ2) is 10.3. The van der Waals surface area contributed by atoms with Gasteiger partial charge in [0.15, 0.2) is 0 Å². The van der Waals surface area contributed by atoms with Gasteiger partial charge in [-0.25, -0.2) is 0 Å². The number of amides is 2. The Hall–Kier alpha value is -4.72. The molecule has 0 aliphatic heterocycles. The van der Waals surface area contributed by atoms with Crippen LogP contribution >= 0.6 is 0 Å². The Balaban J connectivity index is 1.46. The summed E-state index contributed by atoms with van der Waals surface area (Å²) in [5.41, 5.74) is 3.91. The van der Waals surface area contributed by atoms with Gasteiger partial charge in [-0.15, -0.1) is 0 Å². The van der Waals surface area contributed by atoms with E-state index in [0.717, 1.165) is 11.1 Å².